The molecule has 41 heavy (non-hydrogen) atoms. The molecule has 3 rings (SSSR count). The van der Waals surface area contributed by atoms with E-state index in [1.54, 1.807) is 55.6 Å². The average Bonchev–Trinajstić information content (AvgIpc) is 2.96. The molecule has 10 heteroatoms. The van der Waals surface area contributed by atoms with Gasteiger partial charge in [-0.1, -0.05) is 36.8 Å². The number of aryl methyl sites for hydroxylation is 1. The number of anilines is 1. The van der Waals surface area contributed by atoms with E-state index in [-0.39, 0.29) is 23.4 Å². The number of nitrogens with one attached hydrogen (secondary N) is 1. The highest BCUT2D eigenvalue weighted by Crippen LogP contribution is 2.27. The third-order valence-electron chi connectivity index (χ3n) is 6.58. The number of sulfonamides is 1. The van der Waals surface area contributed by atoms with Crippen LogP contribution in [0.15, 0.2) is 77.7 Å². The first-order valence-electron chi connectivity index (χ1n) is 13.5. The van der Waals surface area contributed by atoms with Crippen LogP contribution in [0.4, 0.5) is 5.69 Å². The number of hydrogen-bond acceptors (Lipinski definition) is 6. The van der Waals surface area contributed by atoms with Crippen LogP contribution in [0.5, 0.6) is 11.5 Å². The van der Waals surface area contributed by atoms with Gasteiger partial charge in [-0.25, -0.2) is 8.42 Å². The summed E-state index contributed by atoms with van der Waals surface area (Å²) in [6, 6.07) is 19.2. The highest BCUT2D eigenvalue weighted by atomic mass is 32.2. The molecule has 0 aliphatic heterocycles. The maximum atomic E-state index is 14.1. The van der Waals surface area contributed by atoms with Crippen molar-refractivity contribution < 1.29 is 27.5 Å². The molecule has 220 valence electrons. The van der Waals surface area contributed by atoms with Gasteiger partial charge in [0.05, 0.1) is 24.8 Å². The van der Waals surface area contributed by atoms with Crippen LogP contribution >= 0.6 is 0 Å². The topological polar surface area (TPSA) is 105 Å². The van der Waals surface area contributed by atoms with Gasteiger partial charge in [-0.3, -0.25) is 13.9 Å². The highest BCUT2D eigenvalue weighted by molar-refractivity contribution is 7.92. The molecule has 1 atom stereocenters. The fourth-order valence-corrected chi connectivity index (χ4v) is 5.76. The van der Waals surface area contributed by atoms with Crippen molar-refractivity contribution in [3.05, 3.63) is 83.9 Å². The predicted molar refractivity (Wildman–Crippen MR) is 160 cm³/mol. The summed E-state index contributed by atoms with van der Waals surface area (Å²) in [5, 5.41) is 2.89. The third-order valence-corrected chi connectivity index (χ3v) is 8.37. The number of nitrogens with zero attached hydrogens (tertiary/aromatic N) is 2. The summed E-state index contributed by atoms with van der Waals surface area (Å²) >= 11 is 0. The fourth-order valence-electron chi connectivity index (χ4n) is 4.34. The summed E-state index contributed by atoms with van der Waals surface area (Å²) < 4.78 is 39.4. The standard InChI is InChI=1S/C31H39N3O6S/c1-7-29(31(36)32-22(2)3)33(20-24-10-14-26(39-5)15-11-24)30(35)21-34(25-12-16-27(40-6)17-13-25)41(37,38)28-18-8-23(4)9-19-28/h8-19,22,29H,7,20-21H2,1-6H3,(H,32,36)/t29-/m0/s1. The molecule has 2 amide bonds. The van der Waals surface area contributed by atoms with Crippen LogP contribution < -0.4 is 19.1 Å². The smallest absolute Gasteiger partial charge is 0.264 e. The molecular weight excluding hydrogens is 542 g/mol. The van der Waals surface area contributed by atoms with Gasteiger partial charge < -0.3 is 19.7 Å². The van der Waals surface area contributed by atoms with Gasteiger partial charge in [-0.05, 0) is 81.3 Å². The molecular formula is C31H39N3O6S. The van der Waals surface area contributed by atoms with Crippen LogP contribution in [0.1, 0.15) is 38.3 Å². The number of carbonyl (C=O) groups excluding carboxylic acids is 2. The number of hydrogen-bond donors (Lipinski definition) is 1. The van der Waals surface area contributed by atoms with Gasteiger partial charge in [0.25, 0.3) is 10.0 Å². The maximum absolute atomic E-state index is 14.1. The van der Waals surface area contributed by atoms with Gasteiger partial charge in [-0.15, -0.1) is 0 Å². The van der Waals surface area contributed by atoms with E-state index >= 15 is 0 Å². The molecule has 9 nitrogen and oxygen atoms in total. The fraction of sp³-hybridized carbons (Fsp3) is 0.355. The normalized spacial score (nSPS) is 12.0. The lowest BCUT2D eigenvalue weighted by Gasteiger charge is -2.33. The quantitative estimate of drug-likeness (QED) is 0.318. The second-order valence-corrected chi connectivity index (χ2v) is 11.8. The monoisotopic (exact) mass is 581 g/mol. The predicted octanol–water partition coefficient (Wildman–Crippen LogP) is 4.54. The first-order valence-corrected chi connectivity index (χ1v) is 14.9. The molecule has 0 saturated heterocycles. The summed E-state index contributed by atoms with van der Waals surface area (Å²) in [7, 11) is -1.06. The second kappa shape index (κ2) is 14.0. The van der Waals surface area contributed by atoms with Crippen molar-refractivity contribution in [1.82, 2.24) is 10.2 Å². The summed E-state index contributed by atoms with van der Waals surface area (Å²) in [5.74, 6) is 0.385. The van der Waals surface area contributed by atoms with Crippen LogP contribution in [-0.4, -0.2) is 58.0 Å². The van der Waals surface area contributed by atoms with E-state index in [0.717, 1.165) is 15.4 Å². The van der Waals surface area contributed by atoms with Crippen molar-refractivity contribution in [3.63, 3.8) is 0 Å². The number of benzene rings is 3. The van der Waals surface area contributed by atoms with E-state index in [1.807, 2.05) is 39.8 Å². The lowest BCUT2D eigenvalue weighted by atomic mass is 10.1. The number of rotatable bonds is 13. The Hall–Kier alpha value is -4.05. The van der Waals surface area contributed by atoms with Gasteiger partial charge in [0, 0.05) is 12.6 Å². The molecule has 1 N–H and O–H groups in total. The SMILES string of the molecule is CC[C@@H](C(=O)NC(C)C)N(Cc1ccc(OC)cc1)C(=O)CN(c1ccc(OC)cc1)S(=O)(=O)c1ccc(C)cc1. The minimum absolute atomic E-state index is 0.0537. The Morgan fingerprint density at radius 2 is 1.39 bits per heavy atom. The molecule has 0 bridgehead atoms. The van der Waals surface area contributed by atoms with Crippen molar-refractivity contribution in [2.24, 2.45) is 0 Å². The number of amides is 2. The zero-order chi connectivity index (χ0) is 30.2. The van der Waals surface area contributed by atoms with E-state index in [1.165, 1.54) is 24.1 Å². The van der Waals surface area contributed by atoms with E-state index < -0.39 is 28.5 Å². The van der Waals surface area contributed by atoms with E-state index in [9.17, 15) is 18.0 Å². The molecule has 0 saturated carbocycles. The van der Waals surface area contributed by atoms with Gasteiger partial charge >= 0.3 is 0 Å². The molecule has 0 aromatic heterocycles. The Kier molecular flexibility index (Phi) is 10.8. The molecule has 0 aliphatic carbocycles. The molecule has 0 aliphatic rings. The zero-order valence-corrected chi connectivity index (χ0v) is 25.3. The Morgan fingerprint density at radius 1 is 0.854 bits per heavy atom. The summed E-state index contributed by atoms with van der Waals surface area (Å²) in [6.07, 6.45) is 0.341. The largest absolute Gasteiger partial charge is 0.497 e. The summed E-state index contributed by atoms with van der Waals surface area (Å²) in [5.41, 5.74) is 1.97. The van der Waals surface area contributed by atoms with Crippen molar-refractivity contribution in [3.8, 4) is 11.5 Å². The van der Waals surface area contributed by atoms with Crippen molar-refractivity contribution in [2.45, 2.75) is 57.6 Å². The van der Waals surface area contributed by atoms with Crippen molar-refractivity contribution in [2.75, 3.05) is 25.1 Å². The van der Waals surface area contributed by atoms with E-state index in [2.05, 4.69) is 5.32 Å². The first-order chi connectivity index (χ1) is 19.5. The van der Waals surface area contributed by atoms with Crippen molar-refractivity contribution >= 4 is 27.5 Å². The minimum atomic E-state index is -4.14. The summed E-state index contributed by atoms with van der Waals surface area (Å²) in [6.45, 7) is 6.98. The molecule has 0 spiro atoms. The number of carbonyl (C=O) groups is 2. The molecule has 0 unspecified atom stereocenters. The third kappa shape index (κ3) is 8.00. The lowest BCUT2D eigenvalue weighted by molar-refractivity contribution is -0.140. The molecule has 3 aromatic rings. The second-order valence-electron chi connectivity index (χ2n) is 9.98. The Labute approximate surface area is 243 Å². The maximum Gasteiger partial charge on any atom is 0.264 e. The zero-order valence-electron chi connectivity index (χ0n) is 24.5. The molecule has 0 fully saturated rings. The average molecular weight is 582 g/mol. The van der Waals surface area contributed by atoms with Crippen LogP contribution in [0, 0.1) is 6.92 Å². The minimum Gasteiger partial charge on any atom is -0.497 e. The first kappa shape index (κ1) is 31.5. The van der Waals surface area contributed by atoms with Crippen LogP contribution in [-0.2, 0) is 26.2 Å². The molecule has 3 aromatic carbocycles. The Bertz CT molecular complexity index is 1410. The Balaban J connectivity index is 2.06. The van der Waals surface area contributed by atoms with Crippen LogP contribution in [0.25, 0.3) is 0 Å². The van der Waals surface area contributed by atoms with Crippen LogP contribution in [0.3, 0.4) is 0 Å². The van der Waals surface area contributed by atoms with Crippen molar-refractivity contribution in [1.29, 1.82) is 0 Å². The highest BCUT2D eigenvalue weighted by Gasteiger charge is 2.33. The van der Waals surface area contributed by atoms with E-state index in [0.29, 0.717) is 23.6 Å². The number of methoxy groups -OCH3 is 2. The molecule has 0 radical (unpaired) electrons. The Morgan fingerprint density at radius 3 is 1.88 bits per heavy atom. The lowest BCUT2D eigenvalue weighted by Crippen LogP contribution is -2.53. The van der Waals surface area contributed by atoms with E-state index in [4.69, 9.17) is 9.47 Å². The van der Waals surface area contributed by atoms with Gasteiger partial charge in [0.2, 0.25) is 11.8 Å². The number of ether oxygens (including phenoxy) is 2. The van der Waals surface area contributed by atoms with Gasteiger partial charge in [-0.2, -0.15) is 0 Å². The van der Waals surface area contributed by atoms with Crippen LogP contribution in [0.2, 0.25) is 0 Å². The van der Waals surface area contributed by atoms with Gasteiger partial charge in [0.15, 0.2) is 0 Å². The molecule has 0 heterocycles. The summed E-state index contributed by atoms with van der Waals surface area (Å²) in [4.78, 5) is 28.8. The van der Waals surface area contributed by atoms with Gasteiger partial charge in [0.1, 0.15) is 24.1 Å².